The number of sulfonamides is 1. The minimum Gasteiger partial charge on any atom is -0.457 e. The molecule has 0 radical (unpaired) electrons. The first-order chi connectivity index (χ1) is 12.0. The number of benzene rings is 2. The summed E-state index contributed by atoms with van der Waals surface area (Å²) in [6, 6.07) is 14.9. The fourth-order valence-electron chi connectivity index (χ4n) is 2.61. The van der Waals surface area contributed by atoms with Crippen molar-refractivity contribution in [3.8, 4) is 11.5 Å². The molecule has 1 N–H and O–H groups in total. The molecule has 132 valence electrons. The van der Waals surface area contributed by atoms with E-state index in [1.54, 1.807) is 19.1 Å². The lowest BCUT2D eigenvalue weighted by molar-refractivity contribution is 0.177. The van der Waals surface area contributed by atoms with E-state index in [0.717, 1.165) is 10.1 Å². The van der Waals surface area contributed by atoms with Gasteiger partial charge >= 0.3 is 0 Å². The van der Waals surface area contributed by atoms with E-state index < -0.39 is 16.1 Å². The fraction of sp³-hybridized carbons (Fsp3) is 0.278. The van der Waals surface area contributed by atoms with Gasteiger partial charge in [-0.25, -0.2) is 0 Å². The molecule has 0 spiro atoms. The van der Waals surface area contributed by atoms with Gasteiger partial charge in [0, 0.05) is 5.71 Å². The van der Waals surface area contributed by atoms with Crippen molar-refractivity contribution in [1.82, 2.24) is 4.41 Å². The van der Waals surface area contributed by atoms with Gasteiger partial charge in [0.1, 0.15) is 11.5 Å². The third kappa shape index (κ3) is 3.83. The van der Waals surface area contributed by atoms with E-state index in [9.17, 15) is 13.5 Å². The number of aliphatic hydroxyl groups is 1. The first kappa shape index (κ1) is 17.4. The highest BCUT2D eigenvalue weighted by Crippen LogP contribution is 2.27. The molecule has 0 fully saturated rings. The van der Waals surface area contributed by atoms with Crippen molar-refractivity contribution in [2.24, 2.45) is 5.10 Å². The first-order valence-electron chi connectivity index (χ1n) is 8.03. The molecular weight excluding hydrogens is 340 g/mol. The van der Waals surface area contributed by atoms with Crippen LogP contribution in [-0.2, 0) is 10.0 Å². The summed E-state index contributed by atoms with van der Waals surface area (Å²) in [5.74, 6) is 1.22. The van der Waals surface area contributed by atoms with E-state index in [4.69, 9.17) is 4.74 Å². The van der Waals surface area contributed by atoms with Gasteiger partial charge in [-0.2, -0.15) is 17.9 Å². The zero-order valence-electron chi connectivity index (χ0n) is 13.9. The molecule has 25 heavy (non-hydrogen) atoms. The topological polar surface area (TPSA) is 79.2 Å². The van der Waals surface area contributed by atoms with Gasteiger partial charge < -0.3 is 9.84 Å². The Labute approximate surface area is 147 Å². The van der Waals surface area contributed by atoms with Gasteiger partial charge in [0.05, 0.1) is 17.5 Å². The van der Waals surface area contributed by atoms with Gasteiger partial charge in [0.2, 0.25) is 0 Å². The SMILES string of the molecule is CC1=NN(S(=O)(=O)c2ccc(Oc3ccccc3)cc2)C(CO)CC1. The molecule has 2 aromatic rings. The third-order valence-corrected chi connectivity index (χ3v) is 5.72. The van der Waals surface area contributed by atoms with Gasteiger partial charge in [-0.3, -0.25) is 0 Å². The first-order valence-corrected chi connectivity index (χ1v) is 9.47. The quantitative estimate of drug-likeness (QED) is 0.889. The third-order valence-electron chi connectivity index (χ3n) is 3.98. The van der Waals surface area contributed by atoms with Gasteiger partial charge in [-0.05, 0) is 56.2 Å². The van der Waals surface area contributed by atoms with E-state index in [1.165, 1.54) is 12.1 Å². The number of hydrogen-bond donors (Lipinski definition) is 1. The van der Waals surface area contributed by atoms with Crippen molar-refractivity contribution in [3.05, 3.63) is 54.6 Å². The lowest BCUT2D eigenvalue weighted by Crippen LogP contribution is -2.42. The summed E-state index contributed by atoms with van der Waals surface area (Å²) in [5.41, 5.74) is 0.734. The standard InChI is InChI=1S/C18H20N2O4S/c1-14-7-8-15(13-21)20(19-14)25(22,23)18-11-9-17(10-12-18)24-16-5-3-2-4-6-16/h2-6,9-12,15,21H,7-8,13H2,1H3. The maximum atomic E-state index is 12.8. The summed E-state index contributed by atoms with van der Waals surface area (Å²) in [6.45, 7) is 1.53. The number of aliphatic hydroxyl groups excluding tert-OH is 1. The number of para-hydroxylation sites is 1. The van der Waals surface area contributed by atoms with Crippen LogP contribution in [0.5, 0.6) is 11.5 Å². The largest absolute Gasteiger partial charge is 0.457 e. The van der Waals surface area contributed by atoms with E-state index in [1.807, 2.05) is 30.3 Å². The molecular formula is C18H20N2O4S. The Bertz CT molecular complexity index is 848. The molecule has 1 unspecified atom stereocenters. The Hall–Kier alpha value is -2.38. The number of nitrogens with zero attached hydrogens (tertiary/aromatic N) is 2. The van der Waals surface area contributed by atoms with Crippen molar-refractivity contribution in [2.75, 3.05) is 6.61 Å². The lowest BCUT2D eigenvalue weighted by Gasteiger charge is -2.31. The molecule has 0 aromatic heterocycles. The monoisotopic (exact) mass is 360 g/mol. The predicted octanol–water partition coefficient (Wildman–Crippen LogP) is 3.00. The summed E-state index contributed by atoms with van der Waals surface area (Å²) in [7, 11) is -3.82. The summed E-state index contributed by atoms with van der Waals surface area (Å²) >= 11 is 0. The van der Waals surface area contributed by atoms with Crippen LogP contribution in [0.1, 0.15) is 19.8 Å². The highest BCUT2D eigenvalue weighted by atomic mass is 32.2. The molecule has 0 aliphatic carbocycles. The molecule has 7 heteroatoms. The molecule has 0 saturated carbocycles. The summed E-state index contributed by atoms with van der Waals surface area (Å²) in [6.07, 6.45) is 1.24. The van der Waals surface area contributed by atoms with E-state index in [2.05, 4.69) is 5.10 Å². The fourth-order valence-corrected chi connectivity index (χ4v) is 4.12. The second-order valence-corrected chi connectivity index (χ2v) is 7.67. The van der Waals surface area contributed by atoms with Gasteiger partial charge in [0.25, 0.3) is 10.0 Å². The van der Waals surface area contributed by atoms with Crippen LogP contribution in [0.2, 0.25) is 0 Å². The van der Waals surface area contributed by atoms with Crippen LogP contribution in [0.3, 0.4) is 0 Å². The van der Waals surface area contributed by atoms with Gasteiger partial charge in [-0.1, -0.05) is 18.2 Å². The highest BCUT2D eigenvalue weighted by molar-refractivity contribution is 7.89. The maximum Gasteiger partial charge on any atom is 0.279 e. The maximum absolute atomic E-state index is 12.8. The Kier molecular flexibility index (Phi) is 5.06. The molecule has 1 heterocycles. The van der Waals surface area contributed by atoms with Crippen molar-refractivity contribution in [1.29, 1.82) is 0 Å². The zero-order chi connectivity index (χ0) is 17.9. The van der Waals surface area contributed by atoms with Crippen LogP contribution >= 0.6 is 0 Å². The number of rotatable bonds is 5. The lowest BCUT2D eigenvalue weighted by atomic mass is 10.1. The molecule has 0 amide bonds. The number of hydrogen-bond acceptors (Lipinski definition) is 5. The highest BCUT2D eigenvalue weighted by Gasteiger charge is 2.32. The van der Waals surface area contributed by atoms with E-state index >= 15 is 0 Å². The Morgan fingerprint density at radius 2 is 1.76 bits per heavy atom. The molecule has 1 aliphatic heterocycles. The smallest absolute Gasteiger partial charge is 0.279 e. The second kappa shape index (κ2) is 7.25. The molecule has 0 bridgehead atoms. The van der Waals surface area contributed by atoms with E-state index in [-0.39, 0.29) is 11.5 Å². The zero-order valence-corrected chi connectivity index (χ0v) is 14.7. The molecule has 6 nitrogen and oxygen atoms in total. The van der Waals surface area contributed by atoms with Crippen LogP contribution in [0.15, 0.2) is 64.6 Å². The number of hydrazone groups is 1. The second-order valence-electron chi connectivity index (χ2n) is 5.87. The molecule has 3 rings (SSSR count). The predicted molar refractivity (Wildman–Crippen MR) is 95.2 cm³/mol. The minimum atomic E-state index is -3.82. The molecule has 0 saturated heterocycles. The van der Waals surface area contributed by atoms with Crippen molar-refractivity contribution in [3.63, 3.8) is 0 Å². The van der Waals surface area contributed by atoms with Gasteiger partial charge in [-0.15, -0.1) is 0 Å². The average molecular weight is 360 g/mol. The van der Waals surface area contributed by atoms with Crippen molar-refractivity contribution < 1.29 is 18.3 Å². The Morgan fingerprint density at radius 3 is 2.40 bits per heavy atom. The summed E-state index contributed by atoms with van der Waals surface area (Å²) in [5, 5.41) is 13.6. The van der Waals surface area contributed by atoms with Crippen LogP contribution in [0.4, 0.5) is 0 Å². The summed E-state index contributed by atoms with van der Waals surface area (Å²) < 4.78 is 32.4. The van der Waals surface area contributed by atoms with Crippen LogP contribution < -0.4 is 4.74 Å². The average Bonchev–Trinajstić information content (AvgIpc) is 2.63. The normalized spacial score (nSPS) is 17.9. The molecule has 1 aliphatic rings. The van der Waals surface area contributed by atoms with Crippen LogP contribution in [0, 0.1) is 0 Å². The molecule has 1 atom stereocenters. The van der Waals surface area contributed by atoms with Crippen molar-refractivity contribution >= 4 is 15.7 Å². The summed E-state index contributed by atoms with van der Waals surface area (Å²) in [4.78, 5) is 0.116. The van der Waals surface area contributed by atoms with Crippen LogP contribution in [-0.4, -0.2) is 36.3 Å². The Balaban J connectivity index is 1.84. The van der Waals surface area contributed by atoms with E-state index in [0.29, 0.717) is 24.3 Å². The van der Waals surface area contributed by atoms with Crippen LogP contribution in [0.25, 0.3) is 0 Å². The molecule has 2 aromatic carbocycles. The van der Waals surface area contributed by atoms with Gasteiger partial charge in [0.15, 0.2) is 0 Å². The van der Waals surface area contributed by atoms with Crippen molar-refractivity contribution in [2.45, 2.75) is 30.7 Å². The number of ether oxygens (including phenoxy) is 1. The Morgan fingerprint density at radius 1 is 1.12 bits per heavy atom. The minimum absolute atomic E-state index is 0.116.